The molecule has 0 aromatic heterocycles. The summed E-state index contributed by atoms with van der Waals surface area (Å²) in [7, 11) is 0. The number of aliphatic hydroxyl groups excluding tert-OH is 1. The molecule has 0 aliphatic heterocycles. The second kappa shape index (κ2) is 37.8. The molecule has 0 fully saturated rings. The molecule has 6 heteroatoms. The number of carbonyl (C=O) groups excluding carboxylic acids is 3. The molecule has 0 aliphatic carbocycles. The van der Waals surface area contributed by atoms with Gasteiger partial charge in [0.15, 0.2) is 5.78 Å². The molecular formula is C44H76O6. The third-order valence-electron chi connectivity index (χ3n) is 8.72. The molecule has 1 N–H and O–H groups in total. The molecule has 0 aliphatic rings. The summed E-state index contributed by atoms with van der Waals surface area (Å²) < 4.78 is 10.2. The fraction of sp³-hybridized carbons (Fsp3) is 0.750. The number of unbranched alkanes of at least 4 members (excludes halogenated alkanes) is 17. The average Bonchev–Trinajstić information content (AvgIpc) is 3.09. The van der Waals surface area contributed by atoms with E-state index in [-0.39, 0.29) is 37.8 Å². The molecule has 0 saturated carbocycles. The quantitative estimate of drug-likeness (QED) is 0.0230. The van der Waals surface area contributed by atoms with Gasteiger partial charge < -0.3 is 14.6 Å². The number of aliphatic hydroxyl groups is 1. The lowest BCUT2D eigenvalue weighted by Crippen LogP contribution is -2.25. The maximum Gasteiger partial charge on any atom is 0.305 e. The normalized spacial score (nSPS) is 12.7. The predicted octanol–water partition coefficient (Wildman–Crippen LogP) is 12.0. The Balaban J connectivity index is 3.60. The van der Waals surface area contributed by atoms with E-state index in [1.807, 2.05) is 12.2 Å². The summed E-state index contributed by atoms with van der Waals surface area (Å²) in [6, 6.07) is 0. The van der Waals surface area contributed by atoms with E-state index in [0.29, 0.717) is 12.8 Å². The van der Waals surface area contributed by atoms with E-state index >= 15 is 0 Å². The molecular weight excluding hydrogens is 624 g/mol. The van der Waals surface area contributed by atoms with Gasteiger partial charge in [0, 0.05) is 19.3 Å². The summed E-state index contributed by atoms with van der Waals surface area (Å²) in [6.45, 7) is 6.42. The number of hydrogen-bond acceptors (Lipinski definition) is 6. The Morgan fingerprint density at radius 1 is 0.540 bits per heavy atom. The number of allylic oxidation sites excluding steroid dienone is 8. The van der Waals surface area contributed by atoms with Crippen LogP contribution in [0.3, 0.4) is 0 Å². The van der Waals surface area contributed by atoms with E-state index in [9.17, 15) is 19.5 Å². The third-order valence-corrected chi connectivity index (χ3v) is 8.72. The van der Waals surface area contributed by atoms with Crippen molar-refractivity contribution >= 4 is 17.7 Å². The minimum atomic E-state index is -1.05. The number of ketones is 1. The Kier molecular flexibility index (Phi) is 35.9. The van der Waals surface area contributed by atoms with E-state index < -0.39 is 12.1 Å². The largest absolute Gasteiger partial charge is 0.463 e. The van der Waals surface area contributed by atoms with E-state index in [1.165, 1.54) is 109 Å². The minimum absolute atomic E-state index is 0.0486. The van der Waals surface area contributed by atoms with Crippen molar-refractivity contribution in [2.24, 2.45) is 5.92 Å². The average molecular weight is 701 g/mol. The molecule has 0 bridgehead atoms. The van der Waals surface area contributed by atoms with Crippen LogP contribution in [0.4, 0.5) is 0 Å². The van der Waals surface area contributed by atoms with Crippen LogP contribution in [0.5, 0.6) is 0 Å². The summed E-state index contributed by atoms with van der Waals surface area (Å²) in [4.78, 5) is 35.9. The first-order valence-electron chi connectivity index (χ1n) is 20.5. The zero-order valence-corrected chi connectivity index (χ0v) is 32.6. The summed E-state index contributed by atoms with van der Waals surface area (Å²) in [6.07, 6.45) is 43.1. The van der Waals surface area contributed by atoms with Crippen LogP contribution in [-0.2, 0) is 23.9 Å². The summed E-state index contributed by atoms with van der Waals surface area (Å²) in [5.74, 6) is -0.0105. The van der Waals surface area contributed by atoms with Gasteiger partial charge in [0.2, 0.25) is 0 Å². The first kappa shape index (κ1) is 47.5. The Morgan fingerprint density at radius 3 is 1.56 bits per heavy atom. The molecule has 50 heavy (non-hydrogen) atoms. The summed E-state index contributed by atoms with van der Waals surface area (Å²) >= 11 is 0. The van der Waals surface area contributed by atoms with E-state index in [2.05, 4.69) is 45.1 Å². The van der Waals surface area contributed by atoms with Gasteiger partial charge in [0.1, 0.15) is 19.3 Å². The van der Waals surface area contributed by atoms with Crippen molar-refractivity contribution in [1.82, 2.24) is 0 Å². The molecule has 1 atom stereocenters. The van der Waals surface area contributed by atoms with Crippen LogP contribution in [-0.4, -0.2) is 42.1 Å². The van der Waals surface area contributed by atoms with Crippen molar-refractivity contribution in [2.75, 3.05) is 13.2 Å². The van der Waals surface area contributed by atoms with Gasteiger partial charge in [-0.2, -0.15) is 0 Å². The van der Waals surface area contributed by atoms with Crippen LogP contribution in [0.2, 0.25) is 0 Å². The van der Waals surface area contributed by atoms with Crippen LogP contribution in [0.25, 0.3) is 0 Å². The van der Waals surface area contributed by atoms with E-state index in [4.69, 9.17) is 9.47 Å². The zero-order valence-electron chi connectivity index (χ0n) is 32.6. The molecule has 0 aromatic rings. The van der Waals surface area contributed by atoms with Crippen molar-refractivity contribution in [3.05, 3.63) is 48.6 Å². The highest BCUT2D eigenvalue weighted by Crippen LogP contribution is 2.15. The van der Waals surface area contributed by atoms with Gasteiger partial charge in [-0.3, -0.25) is 14.4 Å². The van der Waals surface area contributed by atoms with Crippen molar-refractivity contribution in [2.45, 2.75) is 194 Å². The highest BCUT2D eigenvalue weighted by Gasteiger charge is 2.12. The molecule has 0 heterocycles. The minimum Gasteiger partial charge on any atom is -0.463 e. The second-order valence-electron chi connectivity index (χ2n) is 14.3. The fourth-order valence-electron chi connectivity index (χ4n) is 5.58. The predicted molar refractivity (Wildman–Crippen MR) is 210 cm³/mol. The van der Waals surface area contributed by atoms with Gasteiger partial charge in [0.05, 0.1) is 0 Å². The molecule has 0 unspecified atom stereocenters. The van der Waals surface area contributed by atoms with Gasteiger partial charge in [-0.1, -0.05) is 172 Å². The smallest absolute Gasteiger partial charge is 0.305 e. The van der Waals surface area contributed by atoms with Gasteiger partial charge in [-0.05, 0) is 50.5 Å². The molecule has 0 amide bonds. The molecule has 0 rings (SSSR count). The monoisotopic (exact) mass is 701 g/mol. The first-order chi connectivity index (χ1) is 24.3. The Hall–Kier alpha value is -2.47. The molecule has 6 nitrogen and oxygen atoms in total. The SMILES string of the molecule is CCCCC/C=C\C/C=C\C/C=C\C=C\C(=O)CCCC(=O)OC[C@H](O)COC(=O)CCCCCCCCCCCCCCCCCC(C)C. The lowest BCUT2D eigenvalue weighted by Gasteiger charge is -2.12. The maximum absolute atomic E-state index is 12.0. The van der Waals surface area contributed by atoms with Gasteiger partial charge >= 0.3 is 11.9 Å². The van der Waals surface area contributed by atoms with Crippen LogP contribution in [0.1, 0.15) is 188 Å². The second-order valence-corrected chi connectivity index (χ2v) is 14.3. The van der Waals surface area contributed by atoms with Gasteiger partial charge in [-0.15, -0.1) is 0 Å². The molecule has 288 valence electrons. The number of rotatable bonds is 36. The summed E-state index contributed by atoms with van der Waals surface area (Å²) in [5, 5.41) is 10.0. The van der Waals surface area contributed by atoms with Gasteiger partial charge in [-0.25, -0.2) is 0 Å². The summed E-state index contributed by atoms with van der Waals surface area (Å²) in [5.41, 5.74) is 0. The van der Waals surface area contributed by atoms with E-state index in [0.717, 1.165) is 44.4 Å². The number of hydrogen-bond donors (Lipinski definition) is 1. The first-order valence-corrected chi connectivity index (χ1v) is 20.5. The maximum atomic E-state index is 12.0. The van der Waals surface area contributed by atoms with Crippen molar-refractivity contribution in [3.8, 4) is 0 Å². The Labute approximate surface area is 307 Å². The topological polar surface area (TPSA) is 89.9 Å². The third kappa shape index (κ3) is 38.3. The number of carbonyl (C=O) groups is 3. The Morgan fingerprint density at radius 2 is 1.02 bits per heavy atom. The standard InChI is InChI=1S/C44H76O6/c1-4-5-6-7-8-9-10-14-18-21-24-27-30-34-41(45)35-32-37-44(48)50-39-42(46)38-49-43(47)36-31-28-25-22-19-16-13-11-12-15-17-20-23-26-29-33-40(2)3/h8-9,14,18,24,27,30,34,40,42,46H,4-7,10-13,15-17,19-23,25-26,28-29,31-33,35-39H2,1-3H3/b9-8-,18-14-,27-24-,34-30+/t42-/m1/s1. The fourth-order valence-corrected chi connectivity index (χ4v) is 5.58. The van der Waals surface area contributed by atoms with Crippen molar-refractivity contribution < 1.29 is 29.0 Å². The molecule has 0 spiro atoms. The lowest BCUT2D eigenvalue weighted by molar-refractivity contribution is -0.152. The highest BCUT2D eigenvalue weighted by molar-refractivity contribution is 5.90. The van der Waals surface area contributed by atoms with Crippen LogP contribution in [0, 0.1) is 5.92 Å². The van der Waals surface area contributed by atoms with Crippen molar-refractivity contribution in [1.29, 1.82) is 0 Å². The highest BCUT2D eigenvalue weighted by atomic mass is 16.6. The molecule has 0 saturated heterocycles. The van der Waals surface area contributed by atoms with Crippen LogP contribution in [0.15, 0.2) is 48.6 Å². The van der Waals surface area contributed by atoms with Crippen LogP contribution >= 0.6 is 0 Å². The lowest BCUT2D eigenvalue weighted by atomic mass is 10.0. The number of esters is 2. The zero-order chi connectivity index (χ0) is 36.8. The van der Waals surface area contributed by atoms with Crippen LogP contribution < -0.4 is 0 Å². The van der Waals surface area contributed by atoms with E-state index in [1.54, 1.807) is 6.08 Å². The molecule has 0 aromatic carbocycles. The Bertz CT molecular complexity index is 915. The van der Waals surface area contributed by atoms with Gasteiger partial charge in [0.25, 0.3) is 0 Å². The number of ether oxygens (including phenoxy) is 2. The molecule has 0 radical (unpaired) electrons. The van der Waals surface area contributed by atoms with Crippen molar-refractivity contribution in [3.63, 3.8) is 0 Å².